The maximum Gasteiger partial charge on any atom is 0.271 e. The van der Waals surface area contributed by atoms with Gasteiger partial charge in [0.1, 0.15) is 5.75 Å². The van der Waals surface area contributed by atoms with Gasteiger partial charge in [-0.15, -0.1) is 10.2 Å². The van der Waals surface area contributed by atoms with Crippen LogP contribution in [0, 0.1) is 23.0 Å². The Balaban J connectivity index is 1.71. The summed E-state index contributed by atoms with van der Waals surface area (Å²) in [6.07, 6.45) is 0. The van der Waals surface area contributed by atoms with Gasteiger partial charge in [-0.25, -0.2) is 0 Å². The molecule has 0 fully saturated rings. The number of nitro groups is 1. The average molecular weight is 527 g/mol. The predicted octanol–water partition coefficient (Wildman–Crippen LogP) is 4.38. The van der Waals surface area contributed by atoms with Crippen molar-refractivity contribution in [2.75, 3.05) is 18.2 Å². The number of ether oxygens (including phenoxy) is 1. The minimum Gasteiger partial charge on any atom is -0.497 e. The molecule has 0 bridgehead atoms. The van der Waals surface area contributed by atoms with E-state index < -0.39 is 11.0 Å². The van der Waals surface area contributed by atoms with Crippen molar-refractivity contribution >= 4 is 35.0 Å². The number of carbonyl (C=O) groups is 2. The lowest BCUT2D eigenvalue weighted by Crippen LogP contribution is -2.33. The van der Waals surface area contributed by atoms with Crippen molar-refractivity contribution in [3.05, 3.63) is 69.5 Å². The van der Waals surface area contributed by atoms with Gasteiger partial charge in [-0.1, -0.05) is 31.7 Å². The summed E-state index contributed by atoms with van der Waals surface area (Å²) in [5, 5.41) is 26.0. The fourth-order valence-electron chi connectivity index (χ4n) is 3.61. The van der Waals surface area contributed by atoms with E-state index in [9.17, 15) is 19.7 Å². The molecule has 11 nitrogen and oxygen atoms in total. The molecule has 0 saturated heterocycles. The molecule has 0 unspecified atom stereocenters. The molecular formula is C25H30N6O5S. The fraction of sp³-hybridized carbons (Fsp3) is 0.360. The summed E-state index contributed by atoms with van der Waals surface area (Å²) in [6, 6.07) is 10.8. The summed E-state index contributed by atoms with van der Waals surface area (Å²) < 4.78 is 7.02. The van der Waals surface area contributed by atoms with E-state index in [0.29, 0.717) is 34.5 Å². The van der Waals surface area contributed by atoms with Crippen molar-refractivity contribution in [1.82, 2.24) is 20.1 Å². The molecule has 2 aromatic carbocycles. The molecule has 12 heteroatoms. The van der Waals surface area contributed by atoms with Crippen LogP contribution in [0.15, 0.2) is 47.6 Å². The first-order chi connectivity index (χ1) is 17.6. The molecule has 0 spiro atoms. The van der Waals surface area contributed by atoms with Crippen molar-refractivity contribution in [3.63, 3.8) is 0 Å². The van der Waals surface area contributed by atoms with Crippen LogP contribution in [-0.2, 0) is 11.3 Å². The van der Waals surface area contributed by atoms with Gasteiger partial charge in [0.25, 0.3) is 11.6 Å². The third-order valence-electron chi connectivity index (χ3n) is 5.68. The highest BCUT2D eigenvalue weighted by Crippen LogP contribution is 2.27. The van der Waals surface area contributed by atoms with Crippen molar-refractivity contribution in [2.24, 2.45) is 5.92 Å². The number of hydrogen-bond acceptors (Lipinski definition) is 8. The number of thioether (sulfide) groups is 1. The Morgan fingerprint density at radius 2 is 1.86 bits per heavy atom. The van der Waals surface area contributed by atoms with E-state index in [1.165, 1.54) is 23.9 Å². The van der Waals surface area contributed by atoms with Gasteiger partial charge in [0.05, 0.1) is 29.5 Å². The molecule has 0 aliphatic carbocycles. The number of hydrogen-bond donors (Lipinski definition) is 2. The highest BCUT2D eigenvalue weighted by Gasteiger charge is 2.26. The van der Waals surface area contributed by atoms with E-state index in [1.54, 1.807) is 44.4 Å². The van der Waals surface area contributed by atoms with E-state index in [1.807, 2.05) is 25.3 Å². The Labute approximate surface area is 219 Å². The Hall–Kier alpha value is -3.93. The van der Waals surface area contributed by atoms with Crippen LogP contribution in [0.3, 0.4) is 0 Å². The van der Waals surface area contributed by atoms with Crippen LogP contribution in [0.5, 0.6) is 5.75 Å². The third-order valence-corrected chi connectivity index (χ3v) is 6.65. The Kier molecular flexibility index (Phi) is 9.23. The highest BCUT2D eigenvalue weighted by atomic mass is 32.2. The minimum atomic E-state index is -0.506. The van der Waals surface area contributed by atoms with Crippen LogP contribution in [0.25, 0.3) is 0 Å². The summed E-state index contributed by atoms with van der Waals surface area (Å²) in [6.45, 7) is 8.20. The summed E-state index contributed by atoms with van der Waals surface area (Å²) in [4.78, 5) is 36.0. The first kappa shape index (κ1) is 27.7. The van der Waals surface area contributed by atoms with Gasteiger partial charge in [-0.3, -0.25) is 19.7 Å². The van der Waals surface area contributed by atoms with Crippen LogP contribution >= 0.6 is 11.8 Å². The monoisotopic (exact) mass is 526 g/mol. The largest absolute Gasteiger partial charge is 0.497 e. The molecule has 37 heavy (non-hydrogen) atoms. The fourth-order valence-corrected chi connectivity index (χ4v) is 4.41. The number of aryl methyl sites for hydroxylation is 1. The number of benzene rings is 2. The maximum absolute atomic E-state index is 12.9. The van der Waals surface area contributed by atoms with Gasteiger partial charge in [-0.2, -0.15) is 0 Å². The van der Waals surface area contributed by atoms with Gasteiger partial charge >= 0.3 is 0 Å². The van der Waals surface area contributed by atoms with E-state index in [4.69, 9.17) is 4.74 Å². The van der Waals surface area contributed by atoms with Gasteiger partial charge in [0, 0.05) is 24.2 Å². The van der Waals surface area contributed by atoms with Crippen LogP contribution in [0.2, 0.25) is 0 Å². The SMILES string of the molecule is CCn1c(SCC(=O)Nc2cc([N+](=O)[O-])ccc2C)nnc1[C@@H](NC(=O)c1ccc(OC)cc1)C(C)C. The van der Waals surface area contributed by atoms with Crippen molar-refractivity contribution in [1.29, 1.82) is 0 Å². The number of non-ortho nitro benzene ring substituents is 1. The van der Waals surface area contributed by atoms with Crippen molar-refractivity contribution < 1.29 is 19.2 Å². The number of amides is 2. The topological polar surface area (TPSA) is 141 Å². The molecule has 1 heterocycles. The molecule has 0 aliphatic rings. The average Bonchev–Trinajstić information content (AvgIpc) is 3.29. The molecule has 0 aliphatic heterocycles. The molecule has 2 N–H and O–H groups in total. The summed E-state index contributed by atoms with van der Waals surface area (Å²) in [5.41, 5.74) is 1.51. The molecule has 0 saturated carbocycles. The lowest BCUT2D eigenvalue weighted by molar-refractivity contribution is -0.384. The highest BCUT2D eigenvalue weighted by molar-refractivity contribution is 7.99. The molecule has 196 valence electrons. The predicted molar refractivity (Wildman–Crippen MR) is 141 cm³/mol. The van der Waals surface area contributed by atoms with Gasteiger partial charge < -0.3 is 19.9 Å². The third kappa shape index (κ3) is 6.85. The molecular weight excluding hydrogens is 496 g/mol. The number of carbonyl (C=O) groups excluding carboxylic acids is 2. The number of rotatable bonds is 11. The summed E-state index contributed by atoms with van der Waals surface area (Å²) in [7, 11) is 1.56. The first-order valence-corrected chi connectivity index (χ1v) is 12.7. The second-order valence-electron chi connectivity index (χ2n) is 8.60. The number of nitro benzene ring substituents is 1. The van der Waals surface area contributed by atoms with Crippen molar-refractivity contribution in [3.8, 4) is 5.75 Å². The second kappa shape index (κ2) is 12.3. The Morgan fingerprint density at radius 3 is 2.46 bits per heavy atom. The first-order valence-electron chi connectivity index (χ1n) is 11.7. The molecule has 1 atom stereocenters. The molecule has 2 amide bonds. The molecule has 1 aromatic heterocycles. The number of nitrogens with zero attached hydrogens (tertiary/aromatic N) is 4. The van der Waals surface area contributed by atoms with Crippen molar-refractivity contribution in [2.45, 2.75) is 45.4 Å². The lowest BCUT2D eigenvalue weighted by atomic mass is 10.0. The van der Waals surface area contributed by atoms with E-state index >= 15 is 0 Å². The number of nitrogens with one attached hydrogen (secondary N) is 2. The van der Waals surface area contributed by atoms with E-state index in [0.717, 1.165) is 5.56 Å². The normalized spacial score (nSPS) is 11.7. The number of anilines is 1. The second-order valence-corrected chi connectivity index (χ2v) is 9.54. The zero-order valence-corrected chi connectivity index (χ0v) is 22.2. The van der Waals surface area contributed by atoms with Gasteiger partial charge in [-0.05, 0) is 49.6 Å². The van der Waals surface area contributed by atoms with Gasteiger partial charge in [0.15, 0.2) is 11.0 Å². The molecule has 0 radical (unpaired) electrons. The summed E-state index contributed by atoms with van der Waals surface area (Å²) >= 11 is 1.20. The lowest BCUT2D eigenvalue weighted by Gasteiger charge is -2.22. The van der Waals surface area contributed by atoms with Crippen LogP contribution in [0.4, 0.5) is 11.4 Å². The summed E-state index contributed by atoms with van der Waals surface area (Å²) in [5.74, 6) is 0.743. The molecule has 3 rings (SSSR count). The smallest absolute Gasteiger partial charge is 0.271 e. The minimum absolute atomic E-state index is 0.0229. The van der Waals surface area contributed by atoms with Gasteiger partial charge in [0.2, 0.25) is 5.91 Å². The zero-order valence-electron chi connectivity index (χ0n) is 21.3. The Morgan fingerprint density at radius 1 is 1.16 bits per heavy atom. The molecule has 3 aromatic rings. The quantitative estimate of drug-likeness (QED) is 0.213. The Bertz CT molecular complexity index is 1280. The van der Waals surface area contributed by atoms with Crippen LogP contribution in [-0.4, -0.2) is 44.4 Å². The number of aromatic nitrogens is 3. The standard InChI is InChI=1S/C25H30N6O5S/c1-6-30-23(22(15(2)3)27-24(33)17-8-11-19(36-5)12-9-17)28-29-25(30)37-14-21(32)26-20-13-18(31(34)35)10-7-16(20)4/h7-13,15,22H,6,14H2,1-5H3,(H,26,32)(H,27,33)/t22-/m0/s1. The van der Waals surface area contributed by atoms with Crippen LogP contribution in [0.1, 0.15) is 48.6 Å². The zero-order chi connectivity index (χ0) is 27.1. The number of methoxy groups -OCH3 is 1. The van der Waals surface area contributed by atoms with Crippen LogP contribution < -0.4 is 15.4 Å². The van der Waals surface area contributed by atoms with E-state index in [-0.39, 0.29) is 29.2 Å². The van der Waals surface area contributed by atoms with E-state index in [2.05, 4.69) is 20.8 Å². The maximum atomic E-state index is 12.9.